The fraction of sp³-hybridized carbons (Fsp3) is 0.800. The molecule has 7 atom stereocenters. The molecule has 0 unspecified atom stereocenters. The number of carbonyl (C=O) groups excluding carboxylic acids is 3. The van der Waals surface area contributed by atoms with Crippen LogP contribution in [0.1, 0.15) is 66.2 Å². The number of fused-ring (bicyclic) bond motifs is 5. The van der Waals surface area contributed by atoms with E-state index in [-0.39, 0.29) is 47.0 Å². The van der Waals surface area contributed by atoms with E-state index in [2.05, 4.69) is 13.8 Å². The third kappa shape index (κ3) is 3.18. The molecule has 0 saturated heterocycles. The summed E-state index contributed by atoms with van der Waals surface area (Å²) in [6, 6.07) is 0. The first kappa shape index (κ1) is 23.4. The highest BCUT2D eigenvalue weighted by Crippen LogP contribution is 2.67. The lowest BCUT2D eigenvalue weighted by Crippen LogP contribution is -2.60. The second-order valence-corrected chi connectivity index (χ2v) is 10.6. The van der Waals surface area contributed by atoms with Crippen LogP contribution in [-0.2, 0) is 33.3 Å². The second kappa shape index (κ2) is 7.94. The maximum Gasteiger partial charge on any atom is 0.303 e. The van der Waals surface area contributed by atoms with E-state index < -0.39 is 17.3 Å². The number of hydrogen-bond acceptors (Lipinski definition) is 7. The number of allylic oxidation sites excluding steroid dienone is 1. The van der Waals surface area contributed by atoms with Gasteiger partial charge in [0.1, 0.15) is 6.10 Å². The van der Waals surface area contributed by atoms with Gasteiger partial charge in [0.15, 0.2) is 11.9 Å². The van der Waals surface area contributed by atoms with Gasteiger partial charge < -0.3 is 18.9 Å². The van der Waals surface area contributed by atoms with Gasteiger partial charge in [0, 0.05) is 45.8 Å². The molecule has 0 aromatic rings. The Morgan fingerprint density at radius 3 is 2.22 bits per heavy atom. The molecule has 0 aliphatic heterocycles. The molecule has 7 nitrogen and oxygen atoms in total. The van der Waals surface area contributed by atoms with Gasteiger partial charge in [-0.1, -0.05) is 19.4 Å². The van der Waals surface area contributed by atoms with Crippen molar-refractivity contribution in [2.75, 3.05) is 14.2 Å². The topological polar surface area (TPSA) is 88.1 Å². The van der Waals surface area contributed by atoms with E-state index in [9.17, 15) is 14.4 Å². The van der Waals surface area contributed by atoms with Crippen molar-refractivity contribution in [2.45, 2.75) is 84.2 Å². The zero-order chi connectivity index (χ0) is 23.5. The standard InChI is InChI=1S/C25H36O7/c1-14(26)31-17-7-9-23(3)16(11-17)12-20(28)22-18(23)8-10-24(4)19(22)13-21(32-15(2)27)25(24,29-5)30-6/h12,17-19,21-22H,7-11,13H2,1-6H3/t17-,18-,19-,21+,22+,23-,24-/m0/s1. The number of methoxy groups -OCH3 is 2. The summed E-state index contributed by atoms with van der Waals surface area (Å²) < 4.78 is 23.1. The second-order valence-electron chi connectivity index (χ2n) is 10.6. The Bertz CT molecular complexity index is 843. The maximum absolute atomic E-state index is 13.6. The SMILES string of the molecule is COC1(OC)[C@H](OC(C)=O)C[C@H]2[C@@H]3C(=O)C=C4C[C@@H](OC(C)=O)CC[C@]4(C)[C@H]3CC[C@@]21C. The zero-order valence-corrected chi connectivity index (χ0v) is 20.1. The molecular formula is C25H36O7. The number of ether oxygens (including phenoxy) is 4. The first-order valence-corrected chi connectivity index (χ1v) is 11.7. The van der Waals surface area contributed by atoms with Crippen LogP contribution in [-0.4, -0.2) is 49.9 Å². The van der Waals surface area contributed by atoms with E-state index in [0.29, 0.717) is 12.8 Å². The molecule has 0 amide bonds. The number of esters is 2. The minimum atomic E-state index is -1.08. The van der Waals surface area contributed by atoms with Gasteiger partial charge in [0.25, 0.3) is 0 Å². The minimum absolute atomic E-state index is 0.0150. The summed E-state index contributed by atoms with van der Waals surface area (Å²) in [6.07, 6.45) is 5.67. The molecule has 32 heavy (non-hydrogen) atoms. The highest BCUT2D eigenvalue weighted by molar-refractivity contribution is 5.94. The highest BCUT2D eigenvalue weighted by atomic mass is 16.7. The van der Waals surface area contributed by atoms with Crippen LogP contribution in [0.25, 0.3) is 0 Å². The van der Waals surface area contributed by atoms with E-state index in [1.54, 1.807) is 14.2 Å². The van der Waals surface area contributed by atoms with Gasteiger partial charge in [-0.3, -0.25) is 14.4 Å². The number of hydrogen-bond donors (Lipinski definition) is 0. The maximum atomic E-state index is 13.6. The minimum Gasteiger partial charge on any atom is -0.462 e. The van der Waals surface area contributed by atoms with Crippen LogP contribution in [0.4, 0.5) is 0 Å². The Hall–Kier alpha value is -1.73. The van der Waals surface area contributed by atoms with Crippen molar-refractivity contribution >= 4 is 17.7 Å². The smallest absolute Gasteiger partial charge is 0.303 e. The lowest BCUT2D eigenvalue weighted by molar-refractivity contribution is -0.307. The van der Waals surface area contributed by atoms with Gasteiger partial charge in [0.05, 0.1) is 0 Å². The van der Waals surface area contributed by atoms with E-state index >= 15 is 0 Å². The van der Waals surface area contributed by atoms with E-state index in [1.807, 2.05) is 6.08 Å². The molecule has 4 rings (SSSR count). The zero-order valence-electron chi connectivity index (χ0n) is 20.1. The van der Waals surface area contributed by atoms with Crippen molar-refractivity contribution < 1.29 is 33.3 Å². The molecule has 4 aliphatic carbocycles. The Labute approximate surface area is 190 Å². The van der Waals surface area contributed by atoms with Crippen LogP contribution < -0.4 is 0 Å². The molecule has 0 aromatic carbocycles. The van der Waals surface area contributed by atoms with E-state index in [4.69, 9.17) is 18.9 Å². The van der Waals surface area contributed by atoms with Crippen LogP contribution in [0.15, 0.2) is 11.6 Å². The average molecular weight is 449 g/mol. The largest absolute Gasteiger partial charge is 0.462 e. The lowest BCUT2D eigenvalue weighted by atomic mass is 9.47. The summed E-state index contributed by atoms with van der Waals surface area (Å²) in [7, 11) is 3.19. The molecule has 0 N–H and O–H groups in total. The molecule has 7 heteroatoms. The third-order valence-electron chi connectivity index (χ3n) is 9.23. The monoisotopic (exact) mass is 448 g/mol. The molecule has 4 aliphatic rings. The van der Waals surface area contributed by atoms with Crippen LogP contribution in [0.5, 0.6) is 0 Å². The van der Waals surface area contributed by atoms with Crippen molar-refractivity contribution in [3.63, 3.8) is 0 Å². The number of ketones is 1. The van der Waals surface area contributed by atoms with Crippen molar-refractivity contribution in [1.29, 1.82) is 0 Å². The molecule has 0 spiro atoms. The summed E-state index contributed by atoms with van der Waals surface area (Å²) in [5, 5.41) is 0. The molecule has 3 saturated carbocycles. The molecule has 0 aromatic heterocycles. The van der Waals surface area contributed by atoms with Gasteiger partial charge in [-0.05, 0) is 55.4 Å². The van der Waals surface area contributed by atoms with Crippen LogP contribution >= 0.6 is 0 Å². The quantitative estimate of drug-likeness (QED) is 0.480. The summed E-state index contributed by atoms with van der Waals surface area (Å²) >= 11 is 0. The van der Waals surface area contributed by atoms with Gasteiger partial charge in [0.2, 0.25) is 5.79 Å². The fourth-order valence-corrected chi connectivity index (χ4v) is 7.79. The first-order valence-electron chi connectivity index (χ1n) is 11.7. The van der Waals surface area contributed by atoms with E-state index in [0.717, 1.165) is 31.3 Å². The number of carbonyl (C=O) groups is 3. The fourth-order valence-electron chi connectivity index (χ4n) is 7.79. The van der Waals surface area contributed by atoms with Crippen molar-refractivity contribution in [3.8, 4) is 0 Å². The highest BCUT2D eigenvalue weighted by Gasteiger charge is 2.71. The Morgan fingerprint density at radius 1 is 0.969 bits per heavy atom. The molecule has 178 valence electrons. The lowest BCUT2D eigenvalue weighted by Gasteiger charge is -2.58. The van der Waals surface area contributed by atoms with Crippen LogP contribution in [0.2, 0.25) is 0 Å². The van der Waals surface area contributed by atoms with Crippen molar-refractivity contribution in [3.05, 3.63) is 11.6 Å². The Morgan fingerprint density at radius 2 is 1.62 bits per heavy atom. The van der Waals surface area contributed by atoms with Crippen LogP contribution in [0.3, 0.4) is 0 Å². The van der Waals surface area contributed by atoms with Crippen LogP contribution in [0, 0.1) is 28.6 Å². The van der Waals surface area contributed by atoms with Gasteiger partial charge in [-0.15, -0.1) is 0 Å². The predicted molar refractivity (Wildman–Crippen MR) is 115 cm³/mol. The van der Waals surface area contributed by atoms with Crippen molar-refractivity contribution in [1.82, 2.24) is 0 Å². The van der Waals surface area contributed by atoms with Gasteiger partial charge in [-0.2, -0.15) is 0 Å². The Kier molecular flexibility index (Phi) is 5.82. The third-order valence-corrected chi connectivity index (χ3v) is 9.23. The first-order chi connectivity index (χ1) is 15.0. The summed E-state index contributed by atoms with van der Waals surface area (Å²) in [6.45, 7) is 7.22. The summed E-state index contributed by atoms with van der Waals surface area (Å²) in [4.78, 5) is 36.9. The summed E-state index contributed by atoms with van der Waals surface area (Å²) in [5.74, 6) is -1.57. The average Bonchev–Trinajstić information content (AvgIpc) is 2.96. The molecule has 0 bridgehead atoms. The van der Waals surface area contributed by atoms with E-state index in [1.165, 1.54) is 13.8 Å². The number of rotatable bonds is 4. The van der Waals surface area contributed by atoms with Gasteiger partial charge >= 0.3 is 11.9 Å². The van der Waals surface area contributed by atoms with Gasteiger partial charge in [-0.25, -0.2) is 0 Å². The predicted octanol–water partition coefficient (Wildman–Crippen LogP) is 3.59. The summed E-state index contributed by atoms with van der Waals surface area (Å²) in [5.41, 5.74) is 0.562. The molecule has 0 heterocycles. The normalized spacial score (nSPS) is 42.2. The molecule has 3 fully saturated rings. The Balaban J connectivity index is 1.70. The van der Waals surface area contributed by atoms with Crippen molar-refractivity contribution in [2.24, 2.45) is 28.6 Å². The molecular weight excluding hydrogens is 412 g/mol. The molecule has 0 radical (unpaired) electrons.